The number of hydrogen-bond donors (Lipinski definition) is 0. The monoisotopic (exact) mass is 784 g/mol. The van der Waals surface area contributed by atoms with Crippen LogP contribution < -0.4 is 23.1 Å². The van der Waals surface area contributed by atoms with Gasteiger partial charge in [0, 0.05) is 24.1 Å². The Morgan fingerprint density at radius 1 is 0.712 bits per heavy atom. The molecule has 0 saturated carbocycles. The molecule has 1 heterocycles. The molecule has 9 nitrogen and oxygen atoms in total. The van der Waals surface area contributed by atoms with Crippen LogP contribution in [-0.4, -0.2) is 32.0 Å². The summed E-state index contributed by atoms with van der Waals surface area (Å²) in [5.74, 6) is 1.59. The van der Waals surface area contributed by atoms with Gasteiger partial charge in [0.15, 0.2) is 23.4 Å². The Labute approximate surface area is 318 Å². The van der Waals surface area contributed by atoms with Gasteiger partial charge in [0.05, 0.1) is 13.7 Å². The van der Waals surface area contributed by atoms with Crippen LogP contribution in [0, 0.1) is 0 Å². The van der Waals surface area contributed by atoms with E-state index in [1.54, 1.807) is 7.11 Å². The lowest BCUT2D eigenvalue weighted by molar-refractivity contribution is -0.0468. The smallest absolute Gasteiger partial charge is 0.449 e. The molecule has 272 valence electrons. The number of methoxy groups -OCH3 is 1. The summed E-state index contributed by atoms with van der Waals surface area (Å²) >= 11 is 17.1. The molecule has 52 heavy (non-hydrogen) atoms. The highest BCUT2D eigenvalue weighted by atomic mass is 35.6. The van der Waals surface area contributed by atoms with Crippen LogP contribution in [0.1, 0.15) is 33.9 Å². The molecule has 2 atom stereocenters. The Kier molecular flexibility index (Phi) is 12.4. The number of rotatable bonds is 15. The van der Waals surface area contributed by atoms with E-state index in [9.17, 15) is 8.42 Å². The van der Waals surface area contributed by atoms with Crippen LogP contribution in [0.2, 0.25) is 0 Å². The summed E-state index contributed by atoms with van der Waals surface area (Å²) in [6.07, 6.45) is -0.833. The fraction of sp³-hybridized carbons (Fsp3) is 0.231. The zero-order valence-electron chi connectivity index (χ0n) is 28.0. The number of alkyl halides is 3. The molecule has 5 aromatic rings. The Hall–Kier alpha value is -4.16. The molecule has 0 aromatic heterocycles. The van der Waals surface area contributed by atoms with Crippen LogP contribution in [0.3, 0.4) is 0 Å². The highest BCUT2D eigenvalue weighted by molar-refractivity contribution is 7.82. The van der Waals surface area contributed by atoms with Crippen molar-refractivity contribution in [3.05, 3.63) is 149 Å². The fourth-order valence-corrected chi connectivity index (χ4v) is 6.60. The molecule has 0 N–H and O–H groups in total. The van der Waals surface area contributed by atoms with Crippen molar-refractivity contribution in [3.63, 3.8) is 0 Å². The van der Waals surface area contributed by atoms with E-state index in [0.29, 0.717) is 48.2 Å². The first-order chi connectivity index (χ1) is 25.0. The Balaban J connectivity index is 1.36. The van der Waals surface area contributed by atoms with E-state index < -0.39 is 33.0 Å². The molecule has 13 heteroatoms. The van der Waals surface area contributed by atoms with E-state index in [1.165, 1.54) is 12.1 Å². The van der Waals surface area contributed by atoms with Gasteiger partial charge < -0.3 is 27.9 Å². The molecule has 0 unspecified atom stereocenters. The van der Waals surface area contributed by atoms with Crippen molar-refractivity contribution in [2.45, 2.75) is 42.2 Å². The lowest BCUT2D eigenvalue weighted by Gasteiger charge is -2.35. The fourth-order valence-electron chi connectivity index (χ4n) is 5.54. The van der Waals surface area contributed by atoms with Gasteiger partial charge in [-0.15, -0.1) is 0 Å². The summed E-state index contributed by atoms with van der Waals surface area (Å²) in [4.78, 5) is 0. The van der Waals surface area contributed by atoms with Crippen molar-refractivity contribution >= 4 is 45.2 Å². The Morgan fingerprint density at radius 3 is 1.87 bits per heavy atom. The predicted octanol–water partition coefficient (Wildman–Crippen LogP) is 9.13. The number of halogens is 3. The first-order valence-electron chi connectivity index (χ1n) is 16.2. The van der Waals surface area contributed by atoms with Gasteiger partial charge in [-0.2, -0.15) is 8.42 Å². The van der Waals surface area contributed by atoms with Crippen LogP contribution in [-0.2, 0) is 45.6 Å². The molecule has 0 amide bonds. The van der Waals surface area contributed by atoms with Gasteiger partial charge in [0.1, 0.15) is 37.4 Å². The maximum Gasteiger partial charge on any atom is 0.449 e. The minimum Gasteiger partial charge on any atom is -0.493 e. The molecule has 6 rings (SSSR count). The van der Waals surface area contributed by atoms with Gasteiger partial charge in [-0.25, -0.2) is 4.18 Å². The molecule has 0 saturated heterocycles. The van der Waals surface area contributed by atoms with E-state index in [-0.39, 0.29) is 12.4 Å². The van der Waals surface area contributed by atoms with E-state index in [1.807, 2.05) is 109 Å². The number of hydrogen-bond acceptors (Lipinski definition) is 9. The largest absolute Gasteiger partial charge is 0.493 e. The number of ether oxygens (including phenoxy) is 5. The van der Waals surface area contributed by atoms with Crippen LogP contribution >= 0.6 is 34.8 Å². The van der Waals surface area contributed by atoms with Gasteiger partial charge in [-0.05, 0) is 34.4 Å². The second-order valence-corrected chi connectivity index (χ2v) is 15.5. The normalized spacial score (nSPS) is 15.6. The van der Waals surface area contributed by atoms with Crippen molar-refractivity contribution in [1.82, 2.24) is 0 Å². The molecule has 5 aromatic carbocycles. The van der Waals surface area contributed by atoms with Crippen LogP contribution in [0.25, 0.3) is 0 Å². The Bertz CT molecular complexity index is 2030. The van der Waals surface area contributed by atoms with Gasteiger partial charge >= 0.3 is 10.4 Å². The molecule has 0 radical (unpaired) electrons. The first-order valence-corrected chi connectivity index (χ1v) is 18.7. The first kappa shape index (κ1) is 37.6. The third-order valence-electron chi connectivity index (χ3n) is 8.00. The Morgan fingerprint density at radius 2 is 1.29 bits per heavy atom. The molecule has 0 aliphatic carbocycles. The molecule has 1 aliphatic rings. The standard InChI is InChI=1S/C39H35Cl3O9S/c1-45-33-18-17-30(19-36(33)47-24-28-13-7-3-8-14-28)38-37(48-25-29-15-9-4-10-16-29)22-32-34(46-23-27-11-5-2-6-12-27)20-31(21-35(32)50-38)51-52(43,44)49-26-39(40,41)42/h2-21,37-38H,22-26H2,1H3/t37-,38-/m1/s1. The van der Waals surface area contributed by atoms with Crippen molar-refractivity contribution in [2.75, 3.05) is 13.7 Å². The summed E-state index contributed by atoms with van der Waals surface area (Å²) in [5, 5.41) is 0. The predicted molar refractivity (Wildman–Crippen MR) is 199 cm³/mol. The van der Waals surface area contributed by atoms with Crippen LogP contribution in [0.5, 0.6) is 28.7 Å². The van der Waals surface area contributed by atoms with Crippen molar-refractivity contribution < 1.29 is 40.5 Å². The zero-order valence-corrected chi connectivity index (χ0v) is 31.0. The summed E-state index contributed by atoms with van der Waals surface area (Å²) in [5.41, 5.74) is 4.27. The summed E-state index contributed by atoms with van der Waals surface area (Å²) < 4.78 is 65.1. The molecule has 0 fully saturated rings. The molecule has 0 bridgehead atoms. The second-order valence-electron chi connectivity index (χ2n) is 11.8. The van der Waals surface area contributed by atoms with Gasteiger partial charge in [0.25, 0.3) is 0 Å². The average Bonchev–Trinajstić information content (AvgIpc) is 3.15. The lowest BCUT2D eigenvalue weighted by atomic mass is 9.93. The second kappa shape index (κ2) is 17.1. The van der Waals surface area contributed by atoms with E-state index in [2.05, 4.69) is 0 Å². The topological polar surface area (TPSA) is 98.8 Å². The van der Waals surface area contributed by atoms with Crippen molar-refractivity contribution in [2.24, 2.45) is 0 Å². The van der Waals surface area contributed by atoms with Crippen molar-refractivity contribution in [1.29, 1.82) is 0 Å². The minimum absolute atomic E-state index is 0.129. The van der Waals surface area contributed by atoms with Gasteiger partial charge in [0.2, 0.25) is 3.79 Å². The summed E-state index contributed by atoms with van der Waals surface area (Å²) in [7, 11) is -3.08. The molecule has 1 aliphatic heterocycles. The zero-order chi connectivity index (χ0) is 36.6. The third kappa shape index (κ3) is 10.5. The maximum atomic E-state index is 12.8. The van der Waals surface area contributed by atoms with Crippen LogP contribution in [0.15, 0.2) is 121 Å². The average molecular weight is 786 g/mol. The summed E-state index contributed by atoms with van der Waals surface area (Å²) in [6, 6.07) is 37.6. The van der Waals surface area contributed by atoms with Gasteiger partial charge in [-0.3, -0.25) is 0 Å². The SMILES string of the molecule is COc1ccc([C@H]2Oc3cc(OS(=O)(=O)OCC(Cl)(Cl)Cl)cc(OCc4ccccc4)c3C[C@H]2OCc2ccccc2)cc1OCc1ccccc1. The summed E-state index contributed by atoms with van der Waals surface area (Å²) in [6.45, 7) is 0.0647. The van der Waals surface area contributed by atoms with Crippen molar-refractivity contribution in [3.8, 4) is 28.7 Å². The van der Waals surface area contributed by atoms with E-state index in [0.717, 1.165) is 22.3 Å². The lowest BCUT2D eigenvalue weighted by Crippen LogP contribution is -2.33. The van der Waals surface area contributed by atoms with Gasteiger partial charge in [-0.1, -0.05) is 132 Å². The highest BCUT2D eigenvalue weighted by Gasteiger charge is 2.36. The van der Waals surface area contributed by atoms with E-state index in [4.69, 9.17) is 66.9 Å². The number of benzene rings is 5. The number of fused-ring (bicyclic) bond motifs is 1. The minimum atomic E-state index is -4.66. The quantitative estimate of drug-likeness (QED) is 0.0963. The van der Waals surface area contributed by atoms with Crippen LogP contribution in [0.4, 0.5) is 0 Å². The molecule has 0 spiro atoms. The maximum absolute atomic E-state index is 12.8. The molecular weight excluding hydrogens is 751 g/mol. The molecular formula is C39H35Cl3O9S. The van der Waals surface area contributed by atoms with E-state index >= 15 is 0 Å². The third-order valence-corrected chi connectivity index (χ3v) is 9.13. The highest BCUT2D eigenvalue weighted by Crippen LogP contribution is 2.45.